The van der Waals surface area contributed by atoms with Crippen molar-refractivity contribution < 1.29 is 9.21 Å². The molecule has 0 aliphatic carbocycles. The number of rotatable bonds is 6. The Morgan fingerprint density at radius 1 is 1.19 bits per heavy atom. The lowest BCUT2D eigenvalue weighted by Gasteiger charge is -2.19. The number of hydrogen-bond donors (Lipinski definition) is 0. The summed E-state index contributed by atoms with van der Waals surface area (Å²) in [6.45, 7) is 5.64. The molecule has 0 saturated carbocycles. The van der Waals surface area contributed by atoms with E-state index in [1.807, 2.05) is 14.1 Å². The van der Waals surface area contributed by atoms with Crippen LogP contribution in [-0.4, -0.2) is 43.0 Å². The van der Waals surface area contributed by atoms with Crippen LogP contribution in [0.4, 0.5) is 5.13 Å². The maximum atomic E-state index is 13.0. The summed E-state index contributed by atoms with van der Waals surface area (Å²) in [5, 5.41) is 0.713. The molecular weight excluding hydrogens is 414 g/mol. The number of aryl methyl sites for hydroxylation is 2. The minimum atomic E-state index is -0.164. The van der Waals surface area contributed by atoms with Crippen LogP contribution in [0.25, 0.3) is 10.2 Å². The lowest BCUT2D eigenvalue weighted by Crippen LogP contribution is -2.33. The number of amides is 1. The van der Waals surface area contributed by atoms with Gasteiger partial charge in [0.05, 0.1) is 10.2 Å². The van der Waals surface area contributed by atoms with Gasteiger partial charge in [0.15, 0.2) is 15.6 Å². The van der Waals surface area contributed by atoms with Crippen molar-refractivity contribution in [2.75, 3.05) is 32.1 Å². The van der Waals surface area contributed by atoms with Crippen LogP contribution in [0.5, 0.6) is 0 Å². The van der Waals surface area contributed by atoms with Gasteiger partial charge in [0.25, 0.3) is 5.91 Å². The van der Waals surface area contributed by atoms with Gasteiger partial charge >= 0.3 is 0 Å². The highest BCUT2D eigenvalue weighted by molar-refractivity contribution is 9.10. The van der Waals surface area contributed by atoms with Crippen molar-refractivity contribution in [1.29, 1.82) is 0 Å². The predicted octanol–water partition coefficient (Wildman–Crippen LogP) is 4.87. The summed E-state index contributed by atoms with van der Waals surface area (Å²) in [7, 11) is 4.05. The normalized spacial score (nSPS) is 11.5. The number of hydrogen-bond acceptors (Lipinski definition) is 5. The summed E-state index contributed by atoms with van der Waals surface area (Å²) in [5.41, 5.74) is 3.33. The molecule has 0 unspecified atom stereocenters. The maximum absolute atomic E-state index is 13.0. The summed E-state index contributed by atoms with van der Waals surface area (Å²) in [5.74, 6) is 0.150. The summed E-state index contributed by atoms with van der Waals surface area (Å²) in [6, 6.07) is 7.59. The Morgan fingerprint density at radius 2 is 1.96 bits per heavy atom. The number of benzene rings is 1. The van der Waals surface area contributed by atoms with E-state index >= 15 is 0 Å². The SMILES string of the molecule is Cc1ccc2sc(N(CCCN(C)C)C(=O)c3ccc(Br)o3)nc2c1C. The molecular formula is C19H22BrN3O2S. The Hall–Kier alpha value is -1.70. The molecule has 5 nitrogen and oxygen atoms in total. The summed E-state index contributed by atoms with van der Waals surface area (Å²) in [4.78, 5) is 21.6. The summed E-state index contributed by atoms with van der Waals surface area (Å²) >= 11 is 4.81. The van der Waals surface area contributed by atoms with Crippen LogP contribution in [0.15, 0.2) is 33.4 Å². The lowest BCUT2D eigenvalue weighted by atomic mass is 10.1. The van der Waals surface area contributed by atoms with Crippen LogP contribution in [0.3, 0.4) is 0 Å². The van der Waals surface area contributed by atoms with E-state index in [0.717, 1.165) is 28.7 Å². The van der Waals surface area contributed by atoms with Crippen molar-refractivity contribution in [2.24, 2.45) is 0 Å². The molecule has 0 N–H and O–H groups in total. The fourth-order valence-electron chi connectivity index (χ4n) is 2.72. The first-order valence-electron chi connectivity index (χ1n) is 8.45. The number of aromatic nitrogens is 1. The zero-order chi connectivity index (χ0) is 18.8. The Labute approximate surface area is 165 Å². The van der Waals surface area contributed by atoms with Gasteiger partial charge in [0, 0.05) is 6.54 Å². The molecule has 2 aromatic heterocycles. The molecule has 0 spiro atoms. The van der Waals surface area contributed by atoms with Gasteiger partial charge in [-0.05, 0) is 86.2 Å². The van der Waals surface area contributed by atoms with E-state index in [-0.39, 0.29) is 5.91 Å². The molecule has 3 aromatic rings. The molecule has 26 heavy (non-hydrogen) atoms. The van der Waals surface area contributed by atoms with Gasteiger partial charge in [0.2, 0.25) is 0 Å². The topological polar surface area (TPSA) is 49.6 Å². The van der Waals surface area contributed by atoms with E-state index in [4.69, 9.17) is 9.40 Å². The van der Waals surface area contributed by atoms with Crippen molar-refractivity contribution >= 4 is 48.5 Å². The van der Waals surface area contributed by atoms with Crippen LogP contribution >= 0.6 is 27.3 Å². The molecule has 1 amide bonds. The van der Waals surface area contributed by atoms with Gasteiger partial charge in [-0.2, -0.15) is 0 Å². The third-order valence-corrected chi connectivity index (χ3v) is 5.79. The molecule has 0 saturated heterocycles. The zero-order valence-electron chi connectivity index (χ0n) is 15.4. The van der Waals surface area contributed by atoms with Crippen molar-refractivity contribution in [3.8, 4) is 0 Å². The zero-order valence-corrected chi connectivity index (χ0v) is 17.8. The van der Waals surface area contributed by atoms with Crippen molar-refractivity contribution in [3.63, 3.8) is 0 Å². The Kier molecular flexibility index (Phi) is 5.79. The third kappa shape index (κ3) is 4.00. The first-order valence-corrected chi connectivity index (χ1v) is 10.1. The fourth-order valence-corrected chi connectivity index (χ4v) is 4.08. The molecule has 0 atom stereocenters. The fraction of sp³-hybridized carbons (Fsp3) is 0.368. The number of carbonyl (C=O) groups is 1. The second kappa shape index (κ2) is 7.90. The number of carbonyl (C=O) groups excluding carboxylic acids is 1. The first kappa shape index (κ1) is 19.1. The van der Waals surface area contributed by atoms with Gasteiger partial charge < -0.3 is 9.32 Å². The van der Waals surface area contributed by atoms with Crippen molar-refractivity contribution in [2.45, 2.75) is 20.3 Å². The maximum Gasteiger partial charge on any atom is 0.295 e. The third-order valence-electron chi connectivity index (χ3n) is 4.32. The molecule has 2 heterocycles. The Balaban J connectivity index is 1.96. The van der Waals surface area contributed by atoms with Gasteiger partial charge in [-0.3, -0.25) is 9.69 Å². The first-order chi connectivity index (χ1) is 12.4. The number of furan rings is 1. The lowest BCUT2D eigenvalue weighted by molar-refractivity contribution is 0.0958. The van der Waals surface area contributed by atoms with E-state index < -0.39 is 0 Å². The second-order valence-electron chi connectivity index (χ2n) is 6.57. The molecule has 1 aromatic carbocycles. The van der Waals surface area contributed by atoms with Gasteiger partial charge in [-0.1, -0.05) is 17.4 Å². The molecule has 138 valence electrons. The van der Waals surface area contributed by atoms with Crippen LogP contribution in [0.1, 0.15) is 28.1 Å². The molecule has 7 heteroatoms. The quantitative estimate of drug-likeness (QED) is 0.554. The van der Waals surface area contributed by atoms with E-state index in [2.05, 4.69) is 46.8 Å². The van der Waals surface area contributed by atoms with Gasteiger partial charge in [-0.15, -0.1) is 0 Å². The van der Waals surface area contributed by atoms with Crippen LogP contribution in [0, 0.1) is 13.8 Å². The average molecular weight is 436 g/mol. The number of thiazole rings is 1. The number of halogens is 1. The highest BCUT2D eigenvalue weighted by Crippen LogP contribution is 2.33. The monoisotopic (exact) mass is 435 g/mol. The highest BCUT2D eigenvalue weighted by Gasteiger charge is 2.24. The predicted molar refractivity (Wildman–Crippen MR) is 110 cm³/mol. The molecule has 0 bridgehead atoms. The van der Waals surface area contributed by atoms with Gasteiger partial charge in [0.1, 0.15) is 0 Å². The second-order valence-corrected chi connectivity index (χ2v) is 8.36. The summed E-state index contributed by atoms with van der Waals surface area (Å²) < 4.78 is 7.12. The molecule has 3 rings (SSSR count). The Morgan fingerprint density at radius 3 is 2.62 bits per heavy atom. The number of fused-ring (bicyclic) bond motifs is 1. The van der Waals surface area contributed by atoms with E-state index in [1.54, 1.807) is 28.4 Å². The Bertz CT molecular complexity index is 932. The largest absolute Gasteiger partial charge is 0.444 e. The number of anilines is 1. The van der Waals surface area contributed by atoms with E-state index in [1.165, 1.54) is 5.56 Å². The number of nitrogens with zero attached hydrogens (tertiary/aromatic N) is 3. The van der Waals surface area contributed by atoms with Gasteiger partial charge in [-0.25, -0.2) is 4.98 Å². The molecule has 0 radical (unpaired) electrons. The smallest absolute Gasteiger partial charge is 0.295 e. The van der Waals surface area contributed by atoms with Crippen molar-refractivity contribution in [3.05, 3.63) is 45.8 Å². The standard InChI is InChI=1S/C19H22BrN3O2S/c1-12-6-8-15-17(13(12)2)21-19(26-15)23(11-5-10-22(3)4)18(24)14-7-9-16(20)25-14/h6-9H,5,10-11H2,1-4H3. The average Bonchev–Trinajstić information content (AvgIpc) is 3.21. The van der Waals surface area contributed by atoms with Crippen LogP contribution in [-0.2, 0) is 0 Å². The van der Waals surface area contributed by atoms with Crippen LogP contribution in [0.2, 0.25) is 0 Å². The van der Waals surface area contributed by atoms with E-state index in [0.29, 0.717) is 22.1 Å². The molecule has 0 aliphatic heterocycles. The highest BCUT2D eigenvalue weighted by atomic mass is 79.9. The molecule has 0 aliphatic rings. The van der Waals surface area contributed by atoms with E-state index in [9.17, 15) is 4.79 Å². The minimum Gasteiger partial charge on any atom is -0.444 e. The minimum absolute atomic E-state index is 0.164. The molecule has 0 fully saturated rings. The van der Waals surface area contributed by atoms with Crippen molar-refractivity contribution in [1.82, 2.24) is 9.88 Å². The summed E-state index contributed by atoms with van der Waals surface area (Å²) in [6.07, 6.45) is 0.856. The van der Waals surface area contributed by atoms with Crippen LogP contribution < -0.4 is 4.90 Å².